The maximum Gasteiger partial charge on any atom is 0.248 e. The summed E-state index contributed by atoms with van der Waals surface area (Å²) in [5, 5.41) is 2.67. The number of nitrogens with one attached hydrogen (secondary N) is 1. The molecule has 0 spiro atoms. The van der Waals surface area contributed by atoms with Gasteiger partial charge in [0.05, 0.1) is 7.11 Å². The standard InChI is InChI=1S/C15H19FN2O3/c1-15(2)14(20)18(8-7-12(19)17-15)9-10-5-4-6-11(21-3)13(10)16/h4-6H,7-9H2,1-3H3,(H,17,19). The van der Waals surface area contributed by atoms with Gasteiger partial charge in [0.15, 0.2) is 11.6 Å². The molecule has 2 rings (SSSR count). The van der Waals surface area contributed by atoms with Crippen LogP contribution in [0.1, 0.15) is 25.8 Å². The summed E-state index contributed by atoms with van der Waals surface area (Å²) in [6.07, 6.45) is 0.209. The van der Waals surface area contributed by atoms with E-state index in [-0.39, 0.29) is 37.1 Å². The van der Waals surface area contributed by atoms with Crippen LogP contribution in [0.4, 0.5) is 4.39 Å². The van der Waals surface area contributed by atoms with Crippen LogP contribution in [0.15, 0.2) is 18.2 Å². The Morgan fingerprint density at radius 2 is 2.10 bits per heavy atom. The van der Waals surface area contributed by atoms with Crippen molar-refractivity contribution in [2.45, 2.75) is 32.4 Å². The molecule has 1 fully saturated rings. The molecule has 0 aliphatic carbocycles. The highest BCUT2D eigenvalue weighted by atomic mass is 19.1. The lowest BCUT2D eigenvalue weighted by Gasteiger charge is -2.29. The maximum atomic E-state index is 14.2. The fourth-order valence-electron chi connectivity index (χ4n) is 2.39. The van der Waals surface area contributed by atoms with E-state index in [9.17, 15) is 14.0 Å². The van der Waals surface area contributed by atoms with Crippen LogP contribution >= 0.6 is 0 Å². The molecule has 0 unspecified atom stereocenters. The molecule has 1 aliphatic heterocycles. The number of halogens is 1. The number of carbonyl (C=O) groups excluding carboxylic acids is 2. The van der Waals surface area contributed by atoms with Crippen molar-refractivity contribution in [3.8, 4) is 5.75 Å². The fourth-order valence-corrected chi connectivity index (χ4v) is 2.39. The molecule has 1 saturated heterocycles. The van der Waals surface area contributed by atoms with E-state index in [2.05, 4.69) is 5.32 Å². The summed E-state index contributed by atoms with van der Waals surface area (Å²) < 4.78 is 19.1. The van der Waals surface area contributed by atoms with Gasteiger partial charge < -0.3 is 15.0 Å². The van der Waals surface area contributed by atoms with Crippen LogP contribution in [0.2, 0.25) is 0 Å². The molecule has 0 radical (unpaired) electrons. The van der Waals surface area contributed by atoms with E-state index >= 15 is 0 Å². The number of carbonyl (C=O) groups is 2. The lowest BCUT2D eigenvalue weighted by Crippen LogP contribution is -2.52. The zero-order valence-electron chi connectivity index (χ0n) is 12.4. The molecule has 1 aromatic rings. The molecule has 114 valence electrons. The molecule has 0 saturated carbocycles. The highest BCUT2D eigenvalue weighted by Gasteiger charge is 2.36. The number of benzene rings is 1. The van der Waals surface area contributed by atoms with Crippen LogP contribution in [-0.2, 0) is 16.1 Å². The zero-order chi connectivity index (χ0) is 15.6. The zero-order valence-corrected chi connectivity index (χ0v) is 12.4. The first-order valence-electron chi connectivity index (χ1n) is 6.77. The minimum atomic E-state index is -0.983. The van der Waals surface area contributed by atoms with Crippen molar-refractivity contribution in [1.82, 2.24) is 10.2 Å². The number of nitrogens with zero attached hydrogens (tertiary/aromatic N) is 1. The first-order valence-corrected chi connectivity index (χ1v) is 6.77. The number of hydrogen-bond acceptors (Lipinski definition) is 3. The predicted octanol–water partition coefficient (Wildman–Crippen LogP) is 1.46. The van der Waals surface area contributed by atoms with Crippen molar-refractivity contribution < 1.29 is 18.7 Å². The van der Waals surface area contributed by atoms with Crippen molar-refractivity contribution >= 4 is 11.8 Å². The van der Waals surface area contributed by atoms with Crippen LogP contribution in [0.5, 0.6) is 5.75 Å². The van der Waals surface area contributed by atoms with Crippen LogP contribution in [0, 0.1) is 5.82 Å². The second kappa shape index (κ2) is 5.71. The number of hydrogen-bond donors (Lipinski definition) is 1. The smallest absolute Gasteiger partial charge is 0.248 e. The second-order valence-electron chi connectivity index (χ2n) is 5.58. The average molecular weight is 294 g/mol. The molecule has 0 atom stereocenters. The Balaban J connectivity index is 2.26. The first kappa shape index (κ1) is 15.3. The first-order chi connectivity index (χ1) is 9.85. The van der Waals surface area contributed by atoms with Gasteiger partial charge in [0.25, 0.3) is 0 Å². The highest BCUT2D eigenvalue weighted by molar-refractivity contribution is 5.92. The van der Waals surface area contributed by atoms with E-state index in [0.717, 1.165) is 0 Å². The minimum Gasteiger partial charge on any atom is -0.494 e. The van der Waals surface area contributed by atoms with E-state index in [0.29, 0.717) is 5.56 Å². The summed E-state index contributed by atoms with van der Waals surface area (Å²) in [4.78, 5) is 25.6. The summed E-state index contributed by atoms with van der Waals surface area (Å²) >= 11 is 0. The number of amides is 2. The predicted molar refractivity (Wildman–Crippen MR) is 75.2 cm³/mol. The van der Waals surface area contributed by atoms with Gasteiger partial charge in [0, 0.05) is 25.1 Å². The molecule has 6 heteroatoms. The Hall–Kier alpha value is -2.11. The molecule has 1 aromatic carbocycles. The molecule has 2 amide bonds. The Kier molecular flexibility index (Phi) is 4.16. The molecule has 21 heavy (non-hydrogen) atoms. The monoisotopic (exact) mass is 294 g/mol. The lowest BCUT2D eigenvalue weighted by molar-refractivity contribution is -0.137. The van der Waals surface area contributed by atoms with Gasteiger partial charge in [-0.25, -0.2) is 4.39 Å². The molecular formula is C15H19FN2O3. The van der Waals surface area contributed by atoms with Crippen LogP contribution in [-0.4, -0.2) is 35.9 Å². The second-order valence-corrected chi connectivity index (χ2v) is 5.58. The maximum absolute atomic E-state index is 14.2. The summed E-state index contributed by atoms with van der Waals surface area (Å²) in [5.74, 6) is -0.741. The molecule has 1 aliphatic rings. The molecule has 5 nitrogen and oxygen atoms in total. The molecule has 0 bridgehead atoms. The molecule has 1 N–H and O–H groups in total. The van der Waals surface area contributed by atoms with E-state index in [1.165, 1.54) is 18.1 Å². The third-order valence-electron chi connectivity index (χ3n) is 3.51. The third kappa shape index (κ3) is 3.15. The Morgan fingerprint density at radius 3 is 2.76 bits per heavy atom. The summed E-state index contributed by atoms with van der Waals surface area (Å²) in [6.45, 7) is 3.67. The van der Waals surface area contributed by atoms with E-state index < -0.39 is 11.4 Å². The van der Waals surface area contributed by atoms with Crippen molar-refractivity contribution in [1.29, 1.82) is 0 Å². The van der Waals surface area contributed by atoms with E-state index in [1.807, 2.05) is 0 Å². The summed E-state index contributed by atoms with van der Waals surface area (Å²) in [6, 6.07) is 4.81. The van der Waals surface area contributed by atoms with Crippen molar-refractivity contribution in [2.24, 2.45) is 0 Å². The quantitative estimate of drug-likeness (QED) is 0.918. The van der Waals surface area contributed by atoms with Gasteiger partial charge in [0.2, 0.25) is 11.8 Å². The minimum absolute atomic E-state index is 0.111. The van der Waals surface area contributed by atoms with Gasteiger partial charge in [-0.1, -0.05) is 12.1 Å². The van der Waals surface area contributed by atoms with Crippen molar-refractivity contribution in [3.63, 3.8) is 0 Å². The van der Waals surface area contributed by atoms with Gasteiger partial charge in [-0.2, -0.15) is 0 Å². The highest BCUT2D eigenvalue weighted by Crippen LogP contribution is 2.23. The SMILES string of the molecule is COc1cccc(CN2CCC(=O)NC(C)(C)C2=O)c1F. The van der Waals surface area contributed by atoms with Crippen molar-refractivity contribution in [3.05, 3.63) is 29.6 Å². The summed E-state index contributed by atoms with van der Waals surface area (Å²) in [7, 11) is 1.39. The largest absolute Gasteiger partial charge is 0.494 e. The number of methoxy groups -OCH3 is 1. The lowest BCUT2D eigenvalue weighted by atomic mass is 10.0. The van der Waals surface area contributed by atoms with Gasteiger partial charge in [-0.15, -0.1) is 0 Å². The topological polar surface area (TPSA) is 58.6 Å². The number of rotatable bonds is 3. The molecular weight excluding hydrogens is 275 g/mol. The van der Waals surface area contributed by atoms with E-state index in [4.69, 9.17) is 4.74 Å². The number of ether oxygens (including phenoxy) is 1. The molecule has 0 aromatic heterocycles. The third-order valence-corrected chi connectivity index (χ3v) is 3.51. The summed E-state index contributed by atoms with van der Waals surface area (Å²) in [5.41, 5.74) is -0.615. The van der Waals surface area contributed by atoms with Crippen LogP contribution in [0.3, 0.4) is 0 Å². The van der Waals surface area contributed by atoms with Gasteiger partial charge >= 0.3 is 0 Å². The van der Waals surface area contributed by atoms with Gasteiger partial charge in [-0.3, -0.25) is 9.59 Å². The van der Waals surface area contributed by atoms with Crippen LogP contribution in [0.25, 0.3) is 0 Å². The fraction of sp³-hybridized carbons (Fsp3) is 0.467. The van der Waals surface area contributed by atoms with E-state index in [1.54, 1.807) is 26.0 Å². The normalized spacial score (nSPS) is 18.2. The average Bonchev–Trinajstić information content (AvgIpc) is 2.52. The Morgan fingerprint density at radius 1 is 1.38 bits per heavy atom. The molecule has 1 heterocycles. The van der Waals surface area contributed by atoms with Crippen LogP contribution < -0.4 is 10.1 Å². The van der Waals surface area contributed by atoms with Crippen molar-refractivity contribution in [2.75, 3.05) is 13.7 Å². The van der Waals surface area contributed by atoms with Gasteiger partial charge in [0.1, 0.15) is 5.54 Å². The van der Waals surface area contributed by atoms with Gasteiger partial charge in [-0.05, 0) is 19.9 Å². The Bertz CT molecular complexity index is 572. The Labute approximate surface area is 123 Å².